The third-order valence-electron chi connectivity index (χ3n) is 5.95. The lowest BCUT2D eigenvalue weighted by atomic mass is 10.1. The Morgan fingerprint density at radius 2 is 1.90 bits per heavy atom. The predicted octanol–water partition coefficient (Wildman–Crippen LogP) is 5.25. The normalized spacial score (nSPS) is 11.1. The maximum Gasteiger partial charge on any atom is 0.324 e. The van der Waals surface area contributed by atoms with Crippen molar-refractivity contribution in [2.75, 3.05) is 10.6 Å². The summed E-state index contributed by atoms with van der Waals surface area (Å²) < 4.78 is 23.6. The largest absolute Gasteiger partial charge is 0.424 e. The number of hydrogen-bond acceptors (Lipinski definition) is 7. The Kier molecular flexibility index (Phi) is 7.51. The number of aryl methyl sites for hydroxylation is 1. The van der Waals surface area contributed by atoms with E-state index in [1.54, 1.807) is 65.2 Å². The number of carbonyl (C=O) groups excluding carboxylic acids is 1. The van der Waals surface area contributed by atoms with E-state index in [4.69, 9.17) is 4.74 Å². The van der Waals surface area contributed by atoms with Crippen molar-refractivity contribution in [2.24, 2.45) is 7.05 Å². The molecule has 204 valence electrons. The fourth-order valence-corrected chi connectivity index (χ4v) is 3.85. The van der Waals surface area contributed by atoms with Crippen molar-refractivity contribution in [1.29, 1.82) is 0 Å². The molecule has 3 heterocycles. The molecule has 0 unspecified atom stereocenters. The number of anilines is 2. The Bertz CT molecular complexity index is 1650. The van der Waals surface area contributed by atoms with Crippen LogP contribution in [0.25, 0.3) is 16.9 Å². The summed E-state index contributed by atoms with van der Waals surface area (Å²) in [4.78, 5) is 21.4. The fourth-order valence-electron chi connectivity index (χ4n) is 3.85. The zero-order valence-corrected chi connectivity index (χ0v) is 22.0. The molecule has 0 bridgehead atoms. The summed E-state index contributed by atoms with van der Waals surface area (Å²) in [6.07, 6.45) is 5.03. The third-order valence-corrected chi connectivity index (χ3v) is 5.95. The van der Waals surface area contributed by atoms with E-state index in [0.717, 1.165) is 16.8 Å². The SMILES string of the molecule is CC(C)c1cc(NC(=O)Nc2cc(Oc3nccc(-c4cnn(C)c4)n3)ccc2F)n(-c2ccc(CO)cc2)n1. The second-order valence-electron chi connectivity index (χ2n) is 9.30. The molecule has 0 aliphatic rings. The summed E-state index contributed by atoms with van der Waals surface area (Å²) in [5.41, 5.74) is 3.50. The van der Waals surface area contributed by atoms with E-state index >= 15 is 0 Å². The maximum absolute atomic E-state index is 14.6. The zero-order valence-electron chi connectivity index (χ0n) is 22.0. The highest BCUT2D eigenvalue weighted by Gasteiger charge is 2.16. The monoisotopic (exact) mass is 542 g/mol. The number of nitrogens with zero attached hydrogens (tertiary/aromatic N) is 6. The number of ether oxygens (including phenoxy) is 1. The standard InChI is InChI=1S/C28H27FN8O3/c1-17(2)24-13-26(37(35-24)20-6-4-18(16-38)5-7-20)34-27(39)32-25-12-21(8-9-22(25)29)40-28-30-11-10-23(33-28)19-14-31-36(3)15-19/h4-15,17,38H,16H2,1-3H3,(H2,32,34,39). The molecule has 0 spiro atoms. The first-order valence-electron chi connectivity index (χ1n) is 12.5. The van der Waals surface area contributed by atoms with Crippen LogP contribution in [0.1, 0.15) is 31.0 Å². The number of aromatic nitrogens is 6. The van der Waals surface area contributed by atoms with Crippen molar-refractivity contribution in [1.82, 2.24) is 29.5 Å². The van der Waals surface area contributed by atoms with E-state index in [0.29, 0.717) is 17.2 Å². The number of nitrogens with one attached hydrogen (secondary N) is 2. The first kappa shape index (κ1) is 26.5. The highest BCUT2D eigenvalue weighted by molar-refractivity contribution is 5.99. The van der Waals surface area contributed by atoms with Gasteiger partial charge >= 0.3 is 12.0 Å². The summed E-state index contributed by atoms with van der Waals surface area (Å²) >= 11 is 0. The van der Waals surface area contributed by atoms with Crippen LogP contribution in [0.3, 0.4) is 0 Å². The van der Waals surface area contributed by atoms with Crippen molar-refractivity contribution >= 4 is 17.5 Å². The van der Waals surface area contributed by atoms with Crippen LogP contribution in [0.2, 0.25) is 0 Å². The van der Waals surface area contributed by atoms with Crippen LogP contribution in [-0.2, 0) is 13.7 Å². The lowest BCUT2D eigenvalue weighted by Crippen LogP contribution is -2.22. The van der Waals surface area contributed by atoms with Crippen molar-refractivity contribution in [3.05, 3.63) is 90.3 Å². The van der Waals surface area contributed by atoms with Gasteiger partial charge in [0.2, 0.25) is 0 Å². The number of hydrogen-bond donors (Lipinski definition) is 3. The molecule has 0 aliphatic heterocycles. The van der Waals surface area contributed by atoms with Crippen molar-refractivity contribution < 1.29 is 19.0 Å². The van der Waals surface area contributed by atoms with Crippen LogP contribution in [-0.4, -0.2) is 40.7 Å². The molecular formula is C28H27FN8O3. The number of urea groups is 1. The average molecular weight is 543 g/mol. The Labute approximate surface area is 229 Å². The summed E-state index contributed by atoms with van der Waals surface area (Å²) in [5, 5.41) is 23.4. The number of benzene rings is 2. The Morgan fingerprint density at radius 1 is 1.10 bits per heavy atom. The molecule has 12 heteroatoms. The first-order valence-corrected chi connectivity index (χ1v) is 12.5. The topological polar surface area (TPSA) is 132 Å². The molecule has 5 rings (SSSR count). The second kappa shape index (κ2) is 11.3. The van der Waals surface area contributed by atoms with E-state index in [1.807, 2.05) is 20.0 Å². The molecule has 3 N–H and O–H groups in total. The van der Waals surface area contributed by atoms with Gasteiger partial charge in [0, 0.05) is 37.1 Å². The van der Waals surface area contributed by atoms with Crippen LogP contribution < -0.4 is 15.4 Å². The van der Waals surface area contributed by atoms with Gasteiger partial charge in [-0.3, -0.25) is 10.00 Å². The van der Waals surface area contributed by atoms with Crippen molar-refractivity contribution in [3.8, 4) is 28.7 Å². The van der Waals surface area contributed by atoms with Crippen LogP contribution in [0.4, 0.5) is 20.7 Å². The van der Waals surface area contributed by atoms with E-state index in [1.165, 1.54) is 18.2 Å². The van der Waals surface area contributed by atoms with Gasteiger partial charge in [-0.25, -0.2) is 18.9 Å². The lowest BCUT2D eigenvalue weighted by Gasteiger charge is -2.12. The number of rotatable bonds is 8. The second-order valence-corrected chi connectivity index (χ2v) is 9.30. The number of aliphatic hydroxyl groups excluding tert-OH is 1. The zero-order chi connectivity index (χ0) is 28.2. The van der Waals surface area contributed by atoms with Gasteiger partial charge < -0.3 is 15.2 Å². The Morgan fingerprint density at radius 3 is 2.60 bits per heavy atom. The van der Waals surface area contributed by atoms with Crippen LogP contribution in [0, 0.1) is 5.82 Å². The maximum atomic E-state index is 14.6. The average Bonchev–Trinajstić information content (AvgIpc) is 3.57. The lowest BCUT2D eigenvalue weighted by molar-refractivity contribution is 0.262. The summed E-state index contributed by atoms with van der Waals surface area (Å²) in [7, 11) is 1.80. The van der Waals surface area contributed by atoms with Crippen molar-refractivity contribution in [2.45, 2.75) is 26.4 Å². The minimum Gasteiger partial charge on any atom is -0.424 e. The van der Waals surface area contributed by atoms with Gasteiger partial charge in [0.1, 0.15) is 17.4 Å². The molecular weight excluding hydrogens is 515 g/mol. The third kappa shape index (κ3) is 5.97. The van der Waals surface area contributed by atoms with Gasteiger partial charge in [0.25, 0.3) is 0 Å². The highest BCUT2D eigenvalue weighted by atomic mass is 19.1. The van der Waals surface area contributed by atoms with Crippen LogP contribution in [0.5, 0.6) is 11.8 Å². The molecule has 11 nitrogen and oxygen atoms in total. The molecule has 3 aromatic heterocycles. The molecule has 2 amide bonds. The number of carbonyl (C=O) groups is 1. The van der Waals surface area contributed by atoms with E-state index in [2.05, 4.69) is 30.8 Å². The molecule has 2 aromatic carbocycles. The molecule has 0 atom stereocenters. The molecule has 5 aromatic rings. The number of amides is 2. The van der Waals surface area contributed by atoms with Gasteiger partial charge in [0.15, 0.2) is 0 Å². The molecule has 40 heavy (non-hydrogen) atoms. The highest BCUT2D eigenvalue weighted by Crippen LogP contribution is 2.27. The summed E-state index contributed by atoms with van der Waals surface area (Å²) in [6, 6.07) is 13.9. The molecule has 0 saturated heterocycles. The molecule has 0 fully saturated rings. The first-order chi connectivity index (χ1) is 19.3. The minimum atomic E-state index is -0.672. The van der Waals surface area contributed by atoms with Gasteiger partial charge in [-0.1, -0.05) is 26.0 Å². The number of halogens is 1. The predicted molar refractivity (Wildman–Crippen MR) is 147 cm³/mol. The van der Waals surface area contributed by atoms with Crippen LogP contribution >= 0.6 is 0 Å². The molecule has 0 aliphatic carbocycles. The summed E-state index contributed by atoms with van der Waals surface area (Å²) in [6.45, 7) is 3.89. The van der Waals surface area contributed by atoms with Crippen LogP contribution in [0.15, 0.2) is 73.2 Å². The van der Waals surface area contributed by atoms with Gasteiger partial charge in [-0.05, 0) is 41.8 Å². The van der Waals surface area contributed by atoms with Gasteiger partial charge in [-0.15, -0.1) is 0 Å². The van der Waals surface area contributed by atoms with Gasteiger partial charge in [0.05, 0.1) is 35.6 Å². The quantitative estimate of drug-likeness (QED) is 0.244. The molecule has 0 saturated carbocycles. The Balaban J connectivity index is 1.33. The van der Waals surface area contributed by atoms with E-state index < -0.39 is 11.8 Å². The smallest absolute Gasteiger partial charge is 0.324 e. The van der Waals surface area contributed by atoms with E-state index in [9.17, 15) is 14.3 Å². The van der Waals surface area contributed by atoms with Crippen molar-refractivity contribution in [3.63, 3.8) is 0 Å². The summed E-state index contributed by atoms with van der Waals surface area (Å²) in [5.74, 6) is 0.0812. The Hall–Kier alpha value is -5.10. The van der Waals surface area contributed by atoms with Gasteiger partial charge in [-0.2, -0.15) is 15.2 Å². The fraction of sp³-hybridized carbons (Fsp3) is 0.179. The number of aliphatic hydroxyl groups is 1. The molecule has 0 radical (unpaired) electrons. The van der Waals surface area contributed by atoms with E-state index in [-0.39, 0.29) is 30.0 Å². The minimum absolute atomic E-state index is 0.0562.